The Balaban J connectivity index is 1.67. The highest BCUT2D eigenvalue weighted by Gasteiger charge is 2.32. The molecule has 0 unspecified atom stereocenters. The molecule has 0 aromatic carbocycles. The molecule has 0 bridgehead atoms. The van der Waals surface area contributed by atoms with Crippen LogP contribution in [0.3, 0.4) is 0 Å². The van der Waals surface area contributed by atoms with Crippen LogP contribution in [0.15, 0.2) is 30.7 Å². The van der Waals surface area contributed by atoms with Crippen molar-refractivity contribution in [3.05, 3.63) is 47.5 Å². The maximum absolute atomic E-state index is 13.0. The summed E-state index contributed by atoms with van der Waals surface area (Å²) in [7, 11) is 1.59. The van der Waals surface area contributed by atoms with Crippen molar-refractivity contribution in [3.63, 3.8) is 0 Å². The molecule has 0 aliphatic carbocycles. The number of fused-ring (bicyclic) bond motifs is 1. The highest BCUT2D eigenvalue weighted by atomic mass is 16.5. The maximum atomic E-state index is 13.0. The minimum absolute atomic E-state index is 0.0452. The fourth-order valence-electron chi connectivity index (χ4n) is 3.55. The maximum Gasteiger partial charge on any atom is 0.260 e. The van der Waals surface area contributed by atoms with E-state index in [9.17, 15) is 4.79 Å². The van der Waals surface area contributed by atoms with Crippen LogP contribution in [0, 0.1) is 6.92 Å². The molecular formula is C22H25N5O3. The normalized spacial score (nSPS) is 12.9. The van der Waals surface area contributed by atoms with Gasteiger partial charge in [0.2, 0.25) is 0 Å². The first-order valence-corrected chi connectivity index (χ1v) is 10.1. The van der Waals surface area contributed by atoms with Gasteiger partial charge in [-0.3, -0.25) is 19.4 Å². The second-order valence-electron chi connectivity index (χ2n) is 7.17. The summed E-state index contributed by atoms with van der Waals surface area (Å²) >= 11 is 0. The van der Waals surface area contributed by atoms with Crippen LogP contribution in [0.5, 0.6) is 11.6 Å². The van der Waals surface area contributed by atoms with Gasteiger partial charge >= 0.3 is 0 Å². The van der Waals surface area contributed by atoms with Crippen LogP contribution in [0.1, 0.15) is 41.9 Å². The summed E-state index contributed by atoms with van der Waals surface area (Å²) in [6, 6.07) is 3.78. The van der Waals surface area contributed by atoms with Gasteiger partial charge in [0, 0.05) is 24.5 Å². The second-order valence-corrected chi connectivity index (χ2v) is 7.17. The van der Waals surface area contributed by atoms with E-state index < -0.39 is 0 Å². The van der Waals surface area contributed by atoms with Crippen LogP contribution >= 0.6 is 0 Å². The highest BCUT2D eigenvalue weighted by molar-refractivity contribution is 6.10. The Hall–Kier alpha value is -3.42. The van der Waals surface area contributed by atoms with E-state index >= 15 is 0 Å². The first kappa shape index (κ1) is 19.9. The number of aryl methyl sites for hydroxylation is 2. The van der Waals surface area contributed by atoms with E-state index in [1.165, 1.54) is 0 Å². The SMILES string of the molecule is CCCOc1ncc(-c2cc(C)c3c(n2)CN(c2cnn(CC)c2)C3=O)cc1OC. The molecule has 4 heterocycles. The van der Waals surface area contributed by atoms with Crippen molar-refractivity contribution in [2.75, 3.05) is 18.6 Å². The Bertz CT molecular complexity index is 1090. The van der Waals surface area contributed by atoms with Crippen LogP contribution < -0.4 is 14.4 Å². The Kier molecular flexibility index (Phi) is 5.39. The molecule has 4 rings (SSSR count). The summed E-state index contributed by atoms with van der Waals surface area (Å²) in [5, 5.41) is 4.28. The van der Waals surface area contributed by atoms with E-state index in [0.717, 1.165) is 41.2 Å². The van der Waals surface area contributed by atoms with Gasteiger partial charge in [-0.25, -0.2) is 4.98 Å². The van der Waals surface area contributed by atoms with Gasteiger partial charge in [0.25, 0.3) is 11.8 Å². The summed E-state index contributed by atoms with van der Waals surface area (Å²) in [6.07, 6.45) is 6.21. The first-order valence-electron chi connectivity index (χ1n) is 10.1. The molecule has 8 nitrogen and oxygen atoms in total. The molecule has 0 atom stereocenters. The standard InChI is InChI=1S/C22H25N5O3/c1-5-7-30-21-19(29-4)9-15(10-23-21)17-8-14(3)20-18(25-17)13-27(22(20)28)16-11-24-26(6-2)12-16/h8-12H,5-7,13H2,1-4H3. The molecule has 30 heavy (non-hydrogen) atoms. The van der Waals surface area contributed by atoms with Crippen LogP contribution in [0.25, 0.3) is 11.3 Å². The summed E-state index contributed by atoms with van der Waals surface area (Å²) in [6.45, 7) is 7.73. The lowest BCUT2D eigenvalue weighted by atomic mass is 10.1. The van der Waals surface area contributed by atoms with Crippen molar-refractivity contribution in [2.45, 2.75) is 40.3 Å². The fourth-order valence-corrected chi connectivity index (χ4v) is 3.55. The lowest BCUT2D eigenvalue weighted by Gasteiger charge is -2.12. The predicted molar refractivity (Wildman–Crippen MR) is 113 cm³/mol. The number of methoxy groups -OCH3 is 1. The van der Waals surface area contributed by atoms with Crippen molar-refractivity contribution >= 4 is 11.6 Å². The van der Waals surface area contributed by atoms with Crippen molar-refractivity contribution in [3.8, 4) is 22.9 Å². The number of carbonyl (C=O) groups excluding carboxylic acids is 1. The molecule has 0 saturated heterocycles. The summed E-state index contributed by atoms with van der Waals surface area (Å²) in [5.41, 5.74) is 4.64. The van der Waals surface area contributed by atoms with Gasteiger partial charge in [-0.05, 0) is 38.0 Å². The van der Waals surface area contributed by atoms with Crippen molar-refractivity contribution in [2.24, 2.45) is 0 Å². The Labute approximate surface area is 175 Å². The van der Waals surface area contributed by atoms with E-state index in [2.05, 4.69) is 10.1 Å². The zero-order chi connectivity index (χ0) is 21.3. The van der Waals surface area contributed by atoms with Crippen LogP contribution in [-0.2, 0) is 13.1 Å². The Morgan fingerprint density at radius 3 is 2.73 bits per heavy atom. The quantitative estimate of drug-likeness (QED) is 0.595. The number of pyridine rings is 2. The second kappa shape index (κ2) is 8.14. The minimum atomic E-state index is -0.0452. The molecule has 3 aromatic rings. The number of hydrogen-bond donors (Lipinski definition) is 0. The smallest absolute Gasteiger partial charge is 0.260 e. The molecule has 0 radical (unpaired) electrons. The third kappa shape index (κ3) is 3.49. The van der Waals surface area contributed by atoms with Crippen LogP contribution in [-0.4, -0.2) is 39.4 Å². The van der Waals surface area contributed by atoms with Crippen molar-refractivity contribution in [1.29, 1.82) is 0 Å². The molecule has 0 fully saturated rings. The number of aromatic nitrogens is 4. The van der Waals surface area contributed by atoms with Gasteiger partial charge in [-0.15, -0.1) is 0 Å². The van der Waals surface area contributed by atoms with E-state index in [4.69, 9.17) is 14.5 Å². The predicted octanol–water partition coefficient (Wildman–Crippen LogP) is 3.63. The lowest BCUT2D eigenvalue weighted by Crippen LogP contribution is -2.22. The lowest BCUT2D eigenvalue weighted by molar-refractivity contribution is 0.0996. The first-order chi connectivity index (χ1) is 14.5. The van der Waals surface area contributed by atoms with E-state index in [1.807, 2.05) is 39.1 Å². The molecule has 1 amide bonds. The highest BCUT2D eigenvalue weighted by Crippen LogP contribution is 2.34. The monoisotopic (exact) mass is 407 g/mol. The average molecular weight is 407 g/mol. The molecule has 0 N–H and O–H groups in total. The van der Waals surface area contributed by atoms with Gasteiger partial charge in [0.1, 0.15) is 0 Å². The van der Waals surface area contributed by atoms with Gasteiger partial charge in [-0.1, -0.05) is 6.92 Å². The van der Waals surface area contributed by atoms with Gasteiger partial charge in [0.05, 0.1) is 49.1 Å². The van der Waals surface area contributed by atoms with E-state index in [0.29, 0.717) is 30.3 Å². The third-order valence-corrected chi connectivity index (χ3v) is 5.09. The average Bonchev–Trinajstić information content (AvgIpc) is 3.36. The number of carbonyl (C=O) groups is 1. The third-order valence-electron chi connectivity index (χ3n) is 5.09. The van der Waals surface area contributed by atoms with E-state index in [1.54, 1.807) is 29.1 Å². The molecular weight excluding hydrogens is 382 g/mol. The van der Waals surface area contributed by atoms with Crippen LogP contribution in [0.2, 0.25) is 0 Å². The number of anilines is 1. The number of rotatable bonds is 7. The molecule has 1 aliphatic heterocycles. The zero-order valence-corrected chi connectivity index (χ0v) is 17.7. The molecule has 0 saturated carbocycles. The fraction of sp³-hybridized carbons (Fsp3) is 0.364. The molecule has 156 valence electrons. The van der Waals surface area contributed by atoms with Crippen molar-refractivity contribution in [1.82, 2.24) is 19.7 Å². The number of nitrogens with zero attached hydrogens (tertiary/aromatic N) is 5. The molecule has 3 aromatic heterocycles. The molecule has 8 heteroatoms. The van der Waals surface area contributed by atoms with E-state index in [-0.39, 0.29) is 5.91 Å². The minimum Gasteiger partial charge on any atom is -0.491 e. The molecule has 1 aliphatic rings. The number of ether oxygens (including phenoxy) is 2. The summed E-state index contributed by atoms with van der Waals surface area (Å²) < 4.78 is 12.9. The Morgan fingerprint density at radius 2 is 2.03 bits per heavy atom. The topological polar surface area (TPSA) is 82.4 Å². The van der Waals surface area contributed by atoms with Crippen LogP contribution in [0.4, 0.5) is 5.69 Å². The summed E-state index contributed by atoms with van der Waals surface area (Å²) in [5.74, 6) is 0.983. The summed E-state index contributed by atoms with van der Waals surface area (Å²) in [4.78, 5) is 23.9. The zero-order valence-electron chi connectivity index (χ0n) is 17.7. The molecule has 0 spiro atoms. The van der Waals surface area contributed by atoms with Gasteiger partial charge in [-0.2, -0.15) is 5.10 Å². The number of amides is 1. The van der Waals surface area contributed by atoms with Gasteiger partial charge in [0.15, 0.2) is 5.75 Å². The van der Waals surface area contributed by atoms with Crippen molar-refractivity contribution < 1.29 is 14.3 Å². The number of hydrogen-bond acceptors (Lipinski definition) is 6. The van der Waals surface area contributed by atoms with Gasteiger partial charge < -0.3 is 9.47 Å². The Morgan fingerprint density at radius 1 is 1.20 bits per heavy atom. The largest absolute Gasteiger partial charge is 0.491 e.